The summed E-state index contributed by atoms with van der Waals surface area (Å²) in [4.78, 5) is 24.9. The van der Waals surface area contributed by atoms with Gasteiger partial charge in [-0.1, -0.05) is 11.6 Å². The van der Waals surface area contributed by atoms with Crippen molar-refractivity contribution < 1.29 is 14.3 Å². The van der Waals surface area contributed by atoms with Gasteiger partial charge in [0.25, 0.3) is 5.91 Å². The van der Waals surface area contributed by atoms with E-state index in [4.69, 9.17) is 16.3 Å². The van der Waals surface area contributed by atoms with Crippen LogP contribution < -0.4 is 10.1 Å². The second-order valence-corrected chi connectivity index (χ2v) is 4.85. The molecule has 0 aliphatic carbocycles. The van der Waals surface area contributed by atoms with E-state index in [0.717, 1.165) is 0 Å². The molecule has 0 aromatic heterocycles. The van der Waals surface area contributed by atoms with E-state index < -0.39 is 6.04 Å². The summed E-state index contributed by atoms with van der Waals surface area (Å²) >= 11 is 5.74. The lowest BCUT2D eigenvalue weighted by atomic mass is 10.2. The van der Waals surface area contributed by atoms with Crippen LogP contribution in [0.1, 0.15) is 6.42 Å². The Morgan fingerprint density at radius 3 is 2.74 bits per heavy atom. The average molecular weight is 283 g/mol. The number of nitrogens with zero attached hydrogens (tertiary/aromatic N) is 1. The summed E-state index contributed by atoms with van der Waals surface area (Å²) in [6.07, 6.45) is 0.641. The van der Waals surface area contributed by atoms with Gasteiger partial charge in [0.2, 0.25) is 5.91 Å². The first-order valence-electron chi connectivity index (χ1n) is 5.99. The molecule has 6 heteroatoms. The van der Waals surface area contributed by atoms with Crippen LogP contribution in [0, 0.1) is 0 Å². The van der Waals surface area contributed by atoms with Crippen LogP contribution in [0.15, 0.2) is 24.3 Å². The fourth-order valence-electron chi connectivity index (χ4n) is 1.87. The number of ether oxygens (including phenoxy) is 1. The summed E-state index contributed by atoms with van der Waals surface area (Å²) in [7, 11) is 1.72. The maximum Gasteiger partial charge on any atom is 0.258 e. The van der Waals surface area contributed by atoms with Crippen LogP contribution in [0.2, 0.25) is 5.02 Å². The lowest BCUT2D eigenvalue weighted by Crippen LogP contribution is -2.42. The van der Waals surface area contributed by atoms with Crippen molar-refractivity contribution >= 4 is 23.4 Å². The van der Waals surface area contributed by atoms with Crippen molar-refractivity contribution in [2.45, 2.75) is 12.5 Å². The van der Waals surface area contributed by atoms with Gasteiger partial charge in [-0.25, -0.2) is 0 Å². The number of hydrogen-bond donors (Lipinski definition) is 1. The van der Waals surface area contributed by atoms with Gasteiger partial charge in [0.1, 0.15) is 11.8 Å². The van der Waals surface area contributed by atoms with E-state index in [-0.39, 0.29) is 18.4 Å². The molecular weight excluding hydrogens is 268 g/mol. The SMILES string of the molecule is CN1CCC(NC(=O)COc2ccc(Cl)cc2)C1=O. The number of hydrogen-bond acceptors (Lipinski definition) is 3. The highest BCUT2D eigenvalue weighted by molar-refractivity contribution is 6.30. The molecular formula is C13H15ClN2O3. The molecule has 2 amide bonds. The second-order valence-electron chi connectivity index (χ2n) is 4.41. The maximum absolute atomic E-state index is 11.7. The summed E-state index contributed by atoms with van der Waals surface area (Å²) in [5.41, 5.74) is 0. The Labute approximate surface area is 116 Å². The summed E-state index contributed by atoms with van der Waals surface area (Å²) in [5.74, 6) is 0.206. The van der Waals surface area contributed by atoms with Crippen LogP contribution in [-0.4, -0.2) is 43.0 Å². The van der Waals surface area contributed by atoms with Crippen LogP contribution in [0.25, 0.3) is 0 Å². The summed E-state index contributed by atoms with van der Waals surface area (Å²) < 4.78 is 5.30. The van der Waals surface area contributed by atoms with Crippen molar-refractivity contribution in [3.8, 4) is 5.75 Å². The largest absolute Gasteiger partial charge is 0.484 e. The van der Waals surface area contributed by atoms with Crippen molar-refractivity contribution in [3.63, 3.8) is 0 Å². The van der Waals surface area contributed by atoms with Crippen molar-refractivity contribution in [1.82, 2.24) is 10.2 Å². The number of carbonyl (C=O) groups excluding carboxylic acids is 2. The topological polar surface area (TPSA) is 58.6 Å². The zero-order chi connectivity index (χ0) is 13.8. The third kappa shape index (κ3) is 3.61. The zero-order valence-electron chi connectivity index (χ0n) is 10.6. The molecule has 1 aromatic carbocycles. The minimum Gasteiger partial charge on any atom is -0.484 e. The Morgan fingerprint density at radius 1 is 1.47 bits per heavy atom. The molecule has 1 aromatic rings. The third-order valence-corrected chi connectivity index (χ3v) is 3.20. The number of likely N-dealkylation sites (tertiary alicyclic amines) is 1. The average Bonchev–Trinajstić information content (AvgIpc) is 2.70. The molecule has 1 aliphatic heterocycles. The molecule has 0 bridgehead atoms. The van der Waals surface area contributed by atoms with Crippen molar-refractivity contribution in [2.24, 2.45) is 0 Å². The molecule has 5 nitrogen and oxygen atoms in total. The fraction of sp³-hybridized carbons (Fsp3) is 0.385. The normalized spacial score (nSPS) is 18.5. The minimum absolute atomic E-state index is 0.0557. The molecule has 1 aliphatic rings. The lowest BCUT2D eigenvalue weighted by Gasteiger charge is -2.12. The first-order chi connectivity index (χ1) is 9.06. The molecule has 0 spiro atoms. The molecule has 1 unspecified atom stereocenters. The number of likely N-dealkylation sites (N-methyl/N-ethyl adjacent to an activating group) is 1. The smallest absolute Gasteiger partial charge is 0.258 e. The number of benzene rings is 1. The van der Waals surface area contributed by atoms with Crippen LogP contribution in [0.5, 0.6) is 5.75 Å². The third-order valence-electron chi connectivity index (χ3n) is 2.95. The maximum atomic E-state index is 11.7. The fourth-order valence-corrected chi connectivity index (χ4v) is 2.00. The number of amides is 2. The predicted octanol–water partition coefficient (Wildman–Crippen LogP) is 1.07. The summed E-state index contributed by atoms with van der Waals surface area (Å²) in [5, 5.41) is 3.27. The van der Waals surface area contributed by atoms with Crippen molar-refractivity contribution in [1.29, 1.82) is 0 Å². The molecule has 1 heterocycles. The Morgan fingerprint density at radius 2 is 2.16 bits per heavy atom. The molecule has 0 saturated carbocycles. The number of carbonyl (C=O) groups is 2. The Balaban J connectivity index is 1.79. The first kappa shape index (κ1) is 13.7. The monoisotopic (exact) mass is 282 g/mol. The van der Waals surface area contributed by atoms with Gasteiger partial charge in [-0.05, 0) is 30.7 Å². The quantitative estimate of drug-likeness (QED) is 0.898. The van der Waals surface area contributed by atoms with Crippen LogP contribution in [0.3, 0.4) is 0 Å². The van der Waals surface area contributed by atoms with Gasteiger partial charge in [0, 0.05) is 18.6 Å². The Hall–Kier alpha value is -1.75. The van der Waals surface area contributed by atoms with Gasteiger partial charge in [-0.2, -0.15) is 0 Å². The van der Waals surface area contributed by atoms with Gasteiger partial charge in [-0.15, -0.1) is 0 Å². The van der Waals surface area contributed by atoms with Crippen molar-refractivity contribution in [3.05, 3.63) is 29.3 Å². The molecule has 1 N–H and O–H groups in total. The van der Waals surface area contributed by atoms with Gasteiger partial charge < -0.3 is 15.0 Å². The van der Waals surface area contributed by atoms with E-state index in [1.807, 2.05) is 0 Å². The molecule has 1 fully saturated rings. The standard InChI is InChI=1S/C13H15ClN2O3/c1-16-7-6-11(13(16)18)15-12(17)8-19-10-4-2-9(14)3-5-10/h2-5,11H,6-8H2,1H3,(H,15,17). The molecule has 0 radical (unpaired) electrons. The van der Waals surface area contributed by atoms with Crippen molar-refractivity contribution in [2.75, 3.05) is 20.2 Å². The Kier molecular flexibility index (Phi) is 4.27. The minimum atomic E-state index is -0.425. The highest BCUT2D eigenvalue weighted by atomic mass is 35.5. The van der Waals surface area contributed by atoms with E-state index >= 15 is 0 Å². The Bertz CT molecular complexity index is 475. The zero-order valence-corrected chi connectivity index (χ0v) is 11.3. The molecule has 1 atom stereocenters. The van der Waals surface area contributed by atoms with E-state index in [9.17, 15) is 9.59 Å². The molecule has 1 saturated heterocycles. The summed E-state index contributed by atoms with van der Waals surface area (Å²) in [6, 6.07) is 6.31. The molecule has 2 rings (SSSR count). The first-order valence-corrected chi connectivity index (χ1v) is 6.37. The summed E-state index contributed by atoms with van der Waals surface area (Å²) in [6.45, 7) is 0.553. The van der Waals surface area contributed by atoms with E-state index in [1.165, 1.54) is 0 Å². The van der Waals surface area contributed by atoms with E-state index in [1.54, 1.807) is 36.2 Å². The van der Waals surface area contributed by atoms with E-state index in [0.29, 0.717) is 23.7 Å². The van der Waals surface area contributed by atoms with Gasteiger partial charge in [0.15, 0.2) is 6.61 Å². The second kappa shape index (κ2) is 5.93. The highest BCUT2D eigenvalue weighted by Gasteiger charge is 2.30. The number of rotatable bonds is 4. The van der Waals surface area contributed by atoms with Gasteiger partial charge in [-0.3, -0.25) is 9.59 Å². The van der Waals surface area contributed by atoms with Gasteiger partial charge >= 0.3 is 0 Å². The molecule has 19 heavy (non-hydrogen) atoms. The van der Waals surface area contributed by atoms with Crippen LogP contribution in [-0.2, 0) is 9.59 Å². The van der Waals surface area contributed by atoms with E-state index in [2.05, 4.69) is 5.32 Å². The van der Waals surface area contributed by atoms with Crippen LogP contribution in [0.4, 0.5) is 0 Å². The lowest BCUT2D eigenvalue weighted by molar-refractivity contribution is -0.132. The molecule has 102 valence electrons. The van der Waals surface area contributed by atoms with Gasteiger partial charge in [0.05, 0.1) is 0 Å². The predicted molar refractivity (Wildman–Crippen MR) is 71.1 cm³/mol. The van der Waals surface area contributed by atoms with Crippen LogP contribution >= 0.6 is 11.6 Å². The number of halogens is 1. The highest BCUT2D eigenvalue weighted by Crippen LogP contribution is 2.15. The number of nitrogens with one attached hydrogen (secondary N) is 1.